The third-order valence-corrected chi connectivity index (χ3v) is 10.2. The van der Waals surface area contributed by atoms with Crippen molar-refractivity contribution < 1.29 is 28.7 Å². The van der Waals surface area contributed by atoms with Crippen LogP contribution in [0.25, 0.3) is 44.3 Å². The molecule has 1 aliphatic heterocycles. The Labute approximate surface area is 326 Å². The summed E-state index contributed by atoms with van der Waals surface area (Å²) in [6.07, 6.45) is 4.62. The molecule has 0 radical (unpaired) electrons. The van der Waals surface area contributed by atoms with Gasteiger partial charge in [-0.1, -0.05) is 52.8 Å². The predicted octanol–water partition coefficient (Wildman–Crippen LogP) is 6.33. The van der Waals surface area contributed by atoms with Gasteiger partial charge < -0.3 is 39.9 Å². The number of imidazole rings is 2. The van der Waals surface area contributed by atoms with Crippen LogP contribution in [-0.4, -0.2) is 98.1 Å². The van der Waals surface area contributed by atoms with Crippen LogP contribution in [0, 0.1) is 11.8 Å². The van der Waals surface area contributed by atoms with Gasteiger partial charge in [0, 0.05) is 35.0 Å². The lowest BCUT2D eigenvalue weighted by atomic mass is 10.0. The topological polar surface area (TPSA) is 188 Å². The lowest BCUT2D eigenvalue weighted by Crippen LogP contribution is -2.51. The number of hydrogen-bond donors (Lipinski definition) is 4. The van der Waals surface area contributed by atoms with Crippen molar-refractivity contribution in [1.82, 2.24) is 45.4 Å². The van der Waals surface area contributed by atoms with E-state index in [0.29, 0.717) is 24.7 Å². The molecule has 4 amide bonds. The van der Waals surface area contributed by atoms with Crippen LogP contribution in [0.1, 0.15) is 71.6 Å². The van der Waals surface area contributed by atoms with Crippen LogP contribution in [0.3, 0.4) is 0 Å². The fourth-order valence-electron chi connectivity index (χ4n) is 7.22. The van der Waals surface area contributed by atoms with E-state index in [1.807, 2.05) is 65.0 Å². The van der Waals surface area contributed by atoms with Gasteiger partial charge in [0.25, 0.3) is 0 Å². The minimum Gasteiger partial charge on any atom is -0.453 e. The Morgan fingerprint density at radius 2 is 1.50 bits per heavy atom. The van der Waals surface area contributed by atoms with E-state index in [1.54, 1.807) is 22.2 Å². The van der Waals surface area contributed by atoms with Crippen molar-refractivity contribution in [1.29, 1.82) is 0 Å². The molecule has 5 aromatic rings. The molecule has 3 atom stereocenters. The third-order valence-electron chi connectivity index (χ3n) is 10.2. The Balaban J connectivity index is 1.18. The summed E-state index contributed by atoms with van der Waals surface area (Å²) < 4.78 is 9.51. The summed E-state index contributed by atoms with van der Waals surface area (Å²) in [6, 6.07) is 12.6. The van der Waals surface area contributed by atoms with Crippen molar-refractivity contribution in [3.63, 3.8) is 0 Å². The lowest BCUT2D eigenvalue weighted by molar-refractivity contribution is -0.136. The number of aromatic amines is 2. The van der Waals surface area contributed by atoms with Crippen molar-refractivity contribution in [3.05, 3.63) is 66.5 Å². The lowest BCUT2D eigenvalue weighted by Gasteiger charge is -2.30. The number of alkyl carbamates (subject to hydrolysis) is 2. The first-order valence-electron chi connectivity index (χ1n) is 19.1. The van der Waals surface area contributed by atoms with Crippen LogP contribution in [0.2, 0.25) is 0 Å². The number of aromatic nitrogens is 5. The van der Waals surface area contributed by atoms with Crippen molar-refractivity contribution in [2.45, 2.75) is 78.6 Å². The van der Waals surface area contributed by atoms with Crippen molar-refractivity contribution in [2.24, 2.45) is 11.8 Å². The van der Waals surface area contributed by atoms with Crippen LogP contribution in [0.15, 0.2) is 54.9 Å². The number of likely N-dealkylation sites (tertiary alicyclic amines) is 1. The van der Waals surface area contributed by atoms with Gasteiger partial charge in [0.15, 0.2) is 0 Å². The third kappa shape index (κ3) is 8.61. The van der Waals surface area contributed by atoms with Gasteiger partial charge in [-0.15, -0.1) is 0 Å². The molecule has 1 aliphatic rings. The van der Waals surface area contributed by atoms with E-state index in [4.69, 9.17) is 19.4 Å². The molecule has 15 nitrogen and oxygen atoms in total. The van der Waals surface area contributed by atoms with Crippen molar-refractivity contribution in [2.75, 3.05) is 27.3 Å². The molecule has 3 aromatic heterocycles. The van der Waals surface area contributed by atoms with Gasteiger partial charge in [0.2, 0.25) is 11.8 Å². The molecule has 1 saturated heterocycles. The monoisotopic (exact) mass is 765 g/mol. The largest absolute Gasteiger partial charge is 0.453 e. The maximum absolute atomic E-state index is 13.6. The van der Waals surface area contributed by atoms with Gasteiger partial charge in [0.05, 0.1) is 61.6 Å². The Bertz CT molecular complexity index is 2210. The number of ether oxygens (including phenoxy) is 2. The average molecular weight is 766 g/mol. The van der Waals surface area contributed by atoms with Crippen LogP contribution in [-0.2, 0) is 25.6 Å². The van der Waals surface area contributed by atoms with Gasteiger partial charge in [-0.05, 0) is 55.4 Å². The highest BCUT2D eigenvalue weighted by Gasteiger charge is 2.37. The van der Waals surface area contributed by atoms with E-state index in [1.165, 1.54) is 14.2 Å². The molecule has 0 bridgehead atoms. The summed E-state index contributed by atoms with van der Waals surface area (Å²) in [6.45, 7) is 10.9. The normalized spacial score (nSPS) is 15.3. The van der Waals surface area contributed by atoms with Crippen LogP contribution in [0.4, 0.5) is 9.59 Å². The van der Waals surface area contributed by atoms with Gasteiger partial charge in [-0.3, -0.25) is 9.59 Å². The van der Waals surface area contributed by atoms with Gasteiger partial charge in [-0.25, -0.2) is 24.5 Å². The number of pyridine rings is 1. The molecule has 0 unspecified atom stereocenters. The molecule has 296 valence electrons. The predicted molar refractivity (Wildman–Crippen MR) is 212 cm³/mol. The summed E-state index contributed by atoms with van der Waals surface area (Å²) in [5.74, 6) is 0.747. The second kappa shape index (κ2) is 17.2. The number of carbonyl (C=O) groups excluding carboxylic acids is 4. The van der Waals surface area contributed by atoms with Crippen molar-refractivity contribution >= 4 is 45.8 Å². The van der Waals surface area contributed by atoms with Gasteiger partial charge >= 0.3 is 12.2 Å². The number of nitrogens with zero attached hydrogens (tertiary/aromatic N) is 5. The SMILES string of the molecule is CCCN(Cc1ncc(-c2ccc3cc4cc(-c5cnc([C@@H]6CCCN6C(=O)[C@@H](NC(=O)OC)C(C)C)[nH]5)ccc4nc3c2)[nH]1)C(=O)[C@@H](NC(=O)OC)C(C)C. The van der Waals surface area contributed by atoms with Gasteiger partial charge in [-0.2, -0.15) is 0 Å². The number of rotatable bonds is 13. The molecular formula is C41H51N9O6. The second-order valence-electron chi connectivity index (χ2n) is 14.9. The zero-order valence-electron chi connectivity index (χ0n) is 33.0. The molecule has 6 rings (SSSR count). The van der Waals surface area contributed by atoms with E-state index >= 15 is 0 Å². The average Bonchev–Trinajstić information content (AvgIpc) is 3.98. The van der Waals surface area contributed by atoms with Crippen LogP contribution < -0.4 is 10.6 Å². The van der Waals surface area contributed by atoms with Crippen molar-refractivity contribution in [3.8, 4) is 22.5 Å². The maximum Gasteiger partial charge on any atom is 0.407 e. The number of hydrogen-bond acceptors (Lipinski definition) is 9. The quantitative estimate of drug-likeness (QED) is 0.0994. The number of methoxy groups -OCH3 is 2. The Morgan fingerprint density at radius 3 is 2.20 bits per heavy atom. The standard InChI is InChI=1S/C41H51N9O6/c1-8-15-49(38(51)35(23(2)3)47-40(53)55-6)22-34-42-20-31(45-34)27-12-11-25-17-28-18-26(13-14-29(28)44-30(25)19-27)32-21-43-37(46-32)33-10-9-16-50(33)39(52)36(24(4)5)48-41(54)56-7/h11-14,17-21,23-24,33,35-36H,8-10,15-16,22H2,1-7H3,(H,42,45)(H,43,46)(H,47,53)(H,48,54)/t33-,35-,36-/m0/s1. The first-order valence-corrected chi connectivity index (χ1v) is 19.1. The Kier molecular flexibility index (Phi) is 12.2. The summed E-state index contributed by atoms with van der Waals surface area (Å²) in [5.41, 5.74) is 5.14. The number of nitrogens with one attached hydrogen (secondary N) is 4. The summed E-state index contributed by atoms with van der Waals surface area (Å²) in [4.78, 5) is 75.6. The molecule has 0 aliphatic carbocycles. The first kappa shape index (κ1) is 39.7. The minimum absolute atomic E-state index is 0.115. The highest BCUT2D eigenvalue weighted by molar-refractivity contribution is 5.96. The minimum atomic E-state index is -0.722. The molecule has 2 aromatic carbocycles. The number of fused-ring (bicyclic) bond motifs is 2. The van der Waals surface area contributed by atoms with E-state index < -0.39 is 24.3 Å². The molecule has 56 heavy (non-hydrogen) atoms. The fourth-order valence-corrected chi connectivity index (χ4v) is 7.22. The molecular weight excluding hydrogens is 715 g/mol. The Morgan fingerprint density at radius 1 is 0.839 bits per heavy atom. The molecule has 0 saturated carbocycles. The first-order chi connectivity index (χ1) is 26.9. The van der Waals surface area contributed by atoms with E-state index in [0.717, 1.165) is 63.6 Å². The van der Waals surface area contributed by atoms with Crippen LogP contribution in [0.5, 0.6) is 0 Å². The number of carbonyl (C=O) groups is 4. The molecule has 1 fully saturated rings. The summed E-state index contributed by atoms with van der Waals surface area (Å²) >= 11 is 0. The molecule has 4 heterocycles. The second-order valence-corrected chi connectivity index (χ2v) is 14.9. The summed E-state index contributed by atoms with van der Waals surface area (Å²) in [5, 5.41) is 7.31. The van der Waals surface area contributed by atoms with E-state index in [2.05, 4.69) is 37.7 Å². The molecule has 4 N–H and O–H groups in total. The zero-order valence-corrected chi connectivity index (χ0v) is 33.0. The highest BCUT2D eigenvalue weighted by atomic mass is 16.5. The zero-order chi connectivity index (χ0) is 40.1. The fraction of sp³-hybridized carbons (Fsp3) is 0.439. The number of H-pyrrole nitrogens is 2. The van der Waals surface area contributed by atoms with Gasteiger partial charge in [0.1, 0.15) is 23.7 Å². The smallest absolute Gasteiger partial charge is 0.407 e. The molecule has 15 heteroatoms. The number of benzene rings is 2. The highest BCUT2D eigenvalue weighted by Crippen LogP contribution is 2.34. The Hall–Kier alpha value is -5.99. The van der Waals surface area contributed by atoms with Crippen LogP contribution >= 0.6 is 0 Å². The number of amides is 4. The van der Waals surface area contributed by atoms with E-state index in [-0.39, 0.29) is 36.2 Å². The summed E-state index contributed by atoms with van der Waals surface area (Å²) in [7, 11) is 2.56. The van der Waals surface area contributed by atoms with E-state index in [9.17, 15) is 19.2 Å². The maximum atomic E-state index is 13.6. The molecule has 0 spiro atoms.